The van der Waals surface area contributed by atoms with Crippen molar-refractivity contribution >= 4 is 44.5 Å². The lowest BCUT2D eigenvalue weighted by molar-refractivity contribution is -0.384. The van der Waals surface area contributed by atoms with Crippen LogP contribution >= 0.6 is 11.3 Å². The van der Waals surface area contributed by atoms with Crippen LogP contribution in [0.2, 0.25) is 0 Å². The van der Waals surface area contributed by atoms with Gasteiger partial charge in [-0.2, -0.15) is 10.1 Å². The average Bonchev–Trinajstić information content (AvgIpc) is 3.22. The molecule has 0 fully saturated rings. The number of hydrogen-bond donors (Lipinski definition) is 0. The number of nitro groups is 1. The molecular weight excluding hydrogens is 428 g/mol. The molecule has 3 aromatic carbocycles. The molecule has 0 atom stereocenters. The number of rotatable bonds is 6. The number of nitrogens with zero attached hydrogens (tertiary/aromatic N) is 4. The molecule has 160 valence electrons. The summed E-state index contributed by atoms with van der Waals surface area (Å²) in [6.07, 6.45) is 1.53. The number of aryl methyl sites for hydroxylation is 1. The van der Waals surface area contributed by atoms with E-state index >= 15 is 0 Å². The molecule has 1 aromatic heterocycles. The number of thiazole rings is 1. The van der Waals surface area contributed by atoms with Crippen LogP contribution in [-0.2, 0) is 0 Å². The SMILES string of the molecule is COc1ccc(/C=N/N(C(=O)c2cccc([N+](=O)[O-])c2)c2nc3ccc(C)cc3s2)cc1. The molecule has 0 aliphatic heterocycles. The molecule has 0 saturated carbocycles. The van der Waals surface area contributed by atoms with E-state index in [2.05, 4.69) is 10.1 Å². The molecule has 4 aromatic rings. The van der Waals surface area contributed by atoms with Crippen molar-refractivity contribution in [1.82, 2.24) is 4.98 Å². The number of amides is 1. The van der Waals surface area contributed by atoms with E-state index in [-0.39, 0.29) is 11.3 Å². The molecule has 0 aliphatic carbocycles. The number of hydrazone groups is 1. The first-order valence-electron chi connectivity index (χ1n) is 9.59. The van der Waals surface area contributed by atoms with E-state index in [9.17, 15) is 14.9 Å². The summed E-state index contributed by atoms with van der Waals surface area (Å²) in [4.78, 5) is 28.5. The van der Waals surface area contributed by atoms with Gasteiger partial charge >= 0.3 is 0 Å². The van der Waals surface area contributed by atoms with Gasteiger partial charge in [0.05, 0.1) is 28.5 Å². The van der Waals surface area contributed by atoms with Crippen LogP contribution in [0.1, 0.15) is 21.5 Å². The maximum absolute atomic E-state index is 13.3. The van der Waals surface area contributed by atoms with Crippen molar-refractivity contribution in [3.05, 3.63) is 93.5 Å². The van der Waals surface area contributed by atoms with Crippen LogP contribution in [-0.4, -0.2) is 29.1 Å². The summed E-state index contributed by atoms with van der Waals surface area (Å²) in [5, 5.41) is 17.1. The van der Waals surface area contributed by atoms with Crippen LogP contribution in [0.15, 0.2) is 71.8 Å². The quantitative estimate of drug-likeness (QED) is 0.230. The number of carbonyl (C=O) groups excluding carboxylic acids is 1. The first-order chi connectivity index (χ1) is 15.4. The molecule has 0 bridgehead atoms. The first kappa shape index (κ1) is 21.1. The molecule has 9 heteroatoms. The fourth-order valence-corrected chi connectivity index (χ4v) is 4.01. The van der Waals surface area contributed by atoms with Gasteiger partial charge in [-0.3, -0.25) is 14.9 Å². The first-order valence-corrected chi connectivity index (χ1v) is 10.4. The van der Waals surface area contributed by atoms with Crippen molar-refractivity contribution in [3.8, 4) is 5.75 Å². The smallest absolute Gasteiger partial charge is 0.281 e. The van der Waals surface area contributed by atoms with Gasteiger partial charge in [-0.1, -0.05) is 23.5 Å². The molecule has 0 spiro atoms. The Kier molecular flexibility index (Phi) is 5.91. The van der Waals surface area contributed by atoms with Gasteiger partial charge in [0, 0.05) is 17.7 Å². The Balaban J connectivity index is 1.75. The number of aromatic nitrogens is 1. The third-order valence-corrected chi connectivity index (χ3v) is 5.64. The second-order valence-electron chi connectivity index (χ2n) is 6.91. The number of carbonyl (C=O) groups is 1. The Bertz CT molecular complexity index is 1330. The number of anilines is 1. The van der Waals surface area contributed by atoms with Crippen LogP contribution in [0, 0.1) is 17.0 Å². The summed E-state index contributed by atoms with van der Waals surface area (Å²) < 4.78 is 6.07. The van der Waals surface area contributed by atoms with Gasteiger partial charge in [0.15, 0.2) is 0 Å². The molecule has 0 saturated heterocycles. The molecule has 0 radical (unpaired) electrons. The highest BCUT2D eigenvalue weighted by Gasteiger charge is 2.22. The van der Waals surface area contributed by atoms with E-state index < -0.39 is 10.8 Å². The summed E-state index contributed by atoms with van der Waals surface area (Å²) >= 11 is 1.32. The van der Waals surface area contributed by atoms with E-state index in [4.69, 9.17) is 4.74 Å². The van der Waals surface area contributed by atoms with Crippen LogP contribution in [0.4, 0.5) is 10.8 Å². The lowest BCUT2D eigenvalue weighted by Crippen LogP contribution is -2.25. The third kappa shape index (κ3) is 4.47. The lowest BCUT2D eigenvalue weighted by Gasteiger charge is -2.13. The Labute approximate surface area is 187 Å². The molecule has 0 unspecified atom stereocenters. The van der Waals surface area contributed by atoms with E-state index in [1.807, 2.05) is 25.1 Å². The topological polar surface area (TPSA) is 97.9 Å². The number of benzene rings is 3. The number of non-ortho nitro benzene ring substituents is 1. The van der Waals surface area contributed by atoms with Gasteiger partial charge < -0.3 is 4.74 Å². The van der Waals surface area contributed by atoms with Gasteiger partial charge in [-0.05, 0) is 60.5 Å². The Morgan fingerprint density at radius 3 is 2.66 bits per heavy atom. The molecule has 4 rings (SSSR count). The minimum absolute atomic E-state index is 0.140. The van der Waals surface area contributed by atoms with Gasteiger partial charge in [-0.15, -0.1) is 0 Å². The second kappa shape index (κ2) is 8.94. The zero-order valence-corrected chi connectivity index (χ0v) is 18.1. The van der Waals surface area contributed by atoms with Crippen molar-refractivity contribution in [3.63, 3.8) is 0 Å². The zero-order chi connectivity index (χ0) is 22.7. The Morgan fingerprint density at radius 1 is 1.16 bits per heavy atom. The molecule has 0 aliphatic rings. The number of hydrogen-bond acceptors (Lipinski definition) is 7. The van der Waals surface area contributed by atoms with Crippen molar-refractivity contribution in [1.29, 1.82) is 0 Å². The minimum atomic E-state index is -0.539. The van der Waals surface area contributed by atoms with E-state index in [1.54, 1.807) is 31.4 Å². The van der Waals surface area contributed by atoms with Crippen LogP contribution < -0.4 is 9.75 Å². The van der Waals surface area contributed by atoms with Crippen molar-refractivity contribution < 1.29 is 14.5 Å². The van der Waals surface area contributed by atoms with Crippen LogP contribution in [0.3, 0.4) is 0 Å². The average molecular weight is 446 g/mol. The number of methoxy groups -OCH3 is 1. The molecule has 32 heavy (non-hydrogen) atoms. The van der Waals surface area contributed by atoms with Gasteiger partial charge in [0.25, 0.3) is 11.6 Å². The fourth-order valence-electron chi connectivity index (χ4n) is 2.99. The van der Waals surface area contributed by atoms with E-state index in [1.165, 1.54) is 46.8 Å². The standard InChI is InChI=1S/C23H18N4O4S/c1-15-6-11-20-21(12-15)32-23(25-20)26(24-14-16-7-9-19(31-2)10-8-16)22(28)17-4-3-5-18(13-17)27(29)30/h3-14H,1-2H3/b24-14+. The second-order valence-corrected chi connectivity index (χ2v) is 7.92. The third-order valence-electron chi connectivity index (χ3n) is 4.65. The summed E-state index contributed by atoms with van der Waals surface area (Å²) in [6.45, 7) is 1.98. The maximum atomic E-state index is 13.3. The summed E-state index contributed by atoms with van der Waals surface area (Å²) in [5.41, 5.74) is 2.54. The lowest BCUT2D eigenvalue weighted by atomic mass is 10.2. The molecule has 0 N–H and O–H groups in total. The molecule has 1 heterocycles. The van der Waals surface area contributed by atoms with Gasteiger partial charge in [0.2, 0.25) is 5.13 Å². The fraction of sp³-hybridized carbons (Fsp3) is 0.0870. The highest BCUT2D eigenvalue weighted by Crippen LogP contribution is 2.31. The highest BCUT2D eigenvalue weighted by molar-refractivity contribution is 7.22. The Hall–Kier alpha value is -4.11. The van der Waals surface area contributed by atoms with Gasteiger partial charge in [-0.25, -0.2) is 4.98 Å². The van der Waals surface area contributed by atoms with Crippen molar-refractivity contribution in [2.24, 2.45) is 5.10 Å². The molecule has 1 amide bonds. The maximum Gasteiger partial charge on any atom is 0.281 e. The number of nitro benzene ring substituents is 1. The molecule has 8 nitrogen and oxygen atoms in total. The van der Waals surface area contributed by atoms with E-state index in [0.29, 0.717) is 10.9 Å². The van der Waals surface area contributed by atoms with E-state index in [0.717, 1.165) is 21.3 Å². The van der Waals surface area contributed by atoms with Gasteiger partial charge in [0.1, 0.15) is 5.75 Å². The number of fused-ring (bicyclic) bond motifs is 1. The normalized spacial score (nSPS) is 11.1. The monoisotopic (exact) mass is 446 g/mol. The van der Waals surface area contributed by atoms with Crippen molar-refractivity contribution in [2.45, 2.75) is 6.92 Å². The predicted octanol–water partition coefficient (Wildman–Crippen LogP) is 5.20. The Morgan fingerprint density at radius 2 is 1.94 bits per heavy atom. The largest absolute Gasteiger partial charge is 0.497 e. The van der Waals surface area contributed by atoms with Crippen LogP contribution in [0.5, 0.6) is 5.75 Å². The summed E-state index contributed by atoms with van der Waals surface area (Å²) in [6, 6.07) is 18.6. The number of ether oxygens (including phenoxy) is 1. The molecular formula is C23H18N4O4S. The van der Waals surface area contributed by atoms with Crippen LogP contribution in [0.25, 0.3) is 10.2 Å². The zero-order valence-electron chi connectivity index (χ0n) is 17.3. The summed E-state index contributed by atoms with van der Waals surface area (Å²) in [7, 11) is 1.58. The van der Waals surface area contributed by atoms with Crippen molar-refractivity contribution in [2.75, 3.05) is 12.1 Å². The predicted molar refractivity (Wildman–Crippen MR) is 125 cm³/mol. The summed E-state index contributed by atoms with van der Waals surface area (Å²) in [5.74, 6) is 0.183. The highest BCUT2D eigenvalue weighted by atomic mass is 32.1. The minimum Gasteiger partial charge on any atom is -0.497 e.